The zero-order chi connectivity index (χ0) is 10.4. The SMILES string of the molecule is CCCCC(C)CCCCC1CC1C. The summed E-state index contributed by atoms with van der Waals surface area (Å²) in [6, 6.07) is 0. The molecule has 0 aromatic carbocycles. The minimum atomic E-state index is 0.978. The predicted molar refractivity (Wildman–Crippen MR) is 64.4 cm³/mol. The highest BCUT2D eigenvalue weighted by molar-refractivity contribution is 4.81. The van der Waals surface area contributed by atoms with Crippen molar-refractivity contribution in [1.29, 1.82) is 0 Å². The molecule has 1 aliphatic carbocycles. The van der Waals surface area contributed by atoms with Crippen LogP contribution in [0, 0.1) is 17.8 Å². The highest BCUT2D eigenvalue weighted by atomic mass is 14.4. The lowest BCUT2D eigenvalue weighted by molar-refractivity contribution is 0.439. The van der Waals surface area contributed by atoms with Gasteiger partial charge in [0.05, 0.1) is 0 Å². The van der Waals surface area contributed by atoms with Gasteiger partial charge >= 0.3 is 0 Å². The molecular formula is C14H28. The van der Waals surface area contributed by atoms with Crippen molar-refractivity contribution >= 4 is 0 Å². The first-order chi connectivity index (χ1) is 6.74. The van der Waals surface area contributed by atoms with Crippen LogP contribution in [0.15, 0.2) is 0 Å². The van der Waals surface area contributed by atoms with E-state index in [1.807, 2.05) is 0 Å². The van der Waals surface area contributed by atoms with Crippen LogP contribution < -0.4 is 0 Å². The summed E-state index contributed by atoms with van der Waals surface area (Å²) in [5, 5.41) is 0. The zero-order valence-corrected chi connectivity index (χ0v) is 10.4. The number of hydrogen-bond donors (Lipinski definition) is 0. The Kier molecular flexibility index (Phi) is 5.59. The second kappa shape index (κ2) is 6.48. The standard InChI is InChI=1S/C14H28/c1-4-5-8-12(2)9-6-7-10-14-11-13(14)3/h12-14H,4-11H2,1-3H3. The minimum Gasteiger partial charge on any atom is -0.0654 e. The maximum atomic E-state index is 2.43. The Morgan fingerprint density at radius 1 is 1.14 bits per heavy atom. The van der Waals surface area contributed by atoms with Gasteiger partial charge in [0.25, 0.3) is 0 Å². The third-order valence-electron chi connectivity index (χ3n) is 3.85. The van der Waals surface area contributed by atoms with E-state index in [9.17, 15) is 0 Å². The molecule has 0 aliphatic heterocycles. The molecule has 0 amide bonds. The van der Waals surface area contributed by atoms with Crippen LogP contribution in [0.25, 0.3) is 0 Å². The Hall–Kier alpha value is 0. The lowest BCUT2D eigenvalue weighted by Gasteiger charge is -2.09. The molecule has 84 valence electrons. The van der Waals surface area contributed by atoms with Crippen molar-refractivity contribution in [3.63, 3.8) is 0 Å². The van der Waals surface area contributed by atoms with Gasteiger partial charge < -0.3 is 0 Å². The van der Waals surface area contributed by atoms with Crippen LogP contribution in [0.2, 0.25) is 0 Å². The largest absolute Gasteiger partial charge is 0.0654 e. The first kappa shape index (κ1) is 12.1. The fraction of sp³-hybridized carbons (Fsp3) is 1.00. The van der Waals surface area contributed by atoms with E-state index >= 15 is 0 Å². The van der Waals surface area contributed by atoms with Crippen molar-refractivity contribution in [2.45, 2.75) is 72.1 Å². The van der Waals surface area contributed by atoms with Crippen LogP contribution in [0.3, 0.4) is 0 Å². The number of rotatable bonds is 8. The average molecular weight is 196 g/mol. The van der Waals surface area contributed by atoms with E-state index in [0.29, 0.717) is 0 Å². The molecule has 1 aliphatic rings. The molecule has 0 bridgehead atoms. The minimum absolute atomic E-state index is 0.978. The van der Waals surface area contributed by atoms with Crippen molar-refractivity contribution in [3.05, 3.63) is 0 Å². The molecule has 1 saturated carbocycles. The van der Waals surface area contributed by atoms with Gasteiger partial charge in [-0.25, -0.2) is 0 Å². The highest BCUT2D eigenvalue weighted by Gasteiger charge is 2.31. The summed E-state index contributed by atoms with van der Waals surface area (Å²) in [5.41, 5.74) is 0. The average Bonchev–Trinajstić information content (AvgIpc) is 2.86. The lowest BCUT2D eigenvalue weighted by Crippen LogP contribution is -1.94. The third-order valence-corrected chi connectivity index (χ3v) is 3.85. The summed E-state index contributed by atoms with van der Waals surface area (Å²) >= 11 is 0. The molecule has 0 aromatic rings. The molecule has 0 saturated heterocycles. The van der Waals surface area contributed by atoms with Crippen LogP contribution in [0.1, 0.15) is 72.1 Å². The summed E-state index contributed by atoms with van der Waals surface area (Å²) in [7, 11) is 0. The van der Waals surface area contributed by atoms with Crippen LogP contribution in [0.5, 0.6) is 0 Å². The zero-order valence-electron chi connectivity index (χ0n) is 10.4. The molecule has 0 N–H and O–H groups in total. The molecule has 1 fully saturated rings. The van der Waals surface area contributed by atoms with Crippen LogP contribution in [-0.2, 0) is 0 Å². The Morgan fingerprint density at radius 3 is 2.36 bits per heavy atom. The van der Waals surface area contributed by atoms with Gasteiger partial charge in [-0.3, -0.25) is 0 Å². The summed E-state index contributed by atoms with van der Waals surface area (Å²) in [6.45, 7) is 7.12. The second-order valence-electron chi connectivity index (χ2n) is 5.50. The lowest BCUT2D eigenvalue weighted by atomic mass is 9.97. The quantitative estimate of drug-likeness (QED) is 0.478. The molecule has 0 aromatic heterocycles. The molecule has 0 heterocycles. The van der Waals surface area contributed by atoms with E-state index in [1.165, 1.54) is 51.4 Å². The van der Waals surface area contributed by atoms with Gasteiger partial charge in [0.1, 0.15) is 0 Å². The van der Waals surface area contributed by atoms with Gasteiger partial charge in [0, 0.05) is 0 Å². The molecule has 0 heteroatoms. The van der Waals surface area contributed by atoms with Crippen molar-refractivity contribution in [3.8, 4) is 0 Å². The van der Waals surface area contributed by atoms with Crippen LogP contribution >= 0.6 is 0 Å². The monoisotopic (exact) mass is 196 g/mol. The summed E-state index contributed by atoms with van der Waals surface area (Å²) in [5.74, 6) is 3.15. The Labute approximate surface area is 90.5 Å². The van der Waals surface area contributed by atoms with Gasteiger partial charge in [-0.05, 0) is 24.2 Å². The molecule has 0 nitrogen and oxygen atoms in total. The van der Waals surface area contributed by atoms with E-state index in [4.69, 9.17) is 0 Å². The van der Waals surface area contributed by atoms with E-state index in [2.05, 4.69) is 20.8 Å². The Balaban J connectivity index is 1.82. The maximum absolute atomic E-state index is 2.43. The van der Waals surface area contributed by atoms with Gasteiger partial charge in [0.15, 0.2) is 0 Å². The number of hydrogen-bond acceptors (Lipinski definition) is 0. The van der Waals surface area contributed by atoms with Gasteiger partial charge in [-0.1, -0.05) is 65.7 Å². The van der Waals surface area contributed by atoms with Crippen molar-refractivity contribution in [1.82, 2.24) is 0 Å². The normalized spacial score (nSPS) is 27.6. The van der Waals surface area contributed by atoms with Crippen molar-refractivity contribution < 1.29 is 0 Å². The molecule has 3 atom stereocenters. The smallest absolute Gasteiger partial charge is 0.0386 e. The Morgan fingerprint density at radius 2 is 1.79 bits per heavy atom. The fourth-order valence-corrected chi connectivity index (χ4v) is 2.40. The summed E-state index contributed by atoms with van der Waals surface area (Å²) < 4.78 is 0. The van der Waals surface area contributed by atoms with Gasteiger partial charge in [-0.2, -0.15) is 0 Å². The van der Waals surface area contributed by atoms with E-state index in [-0.39, 0.29) is 0 Å². The molecule has 14 heavy (non-hydrogen) atoms. The third kappa shape index (κ3) is 5.02. The number of unbranched alkanes of at least 4 members (excludes halogenated alkanes) is 2. The van der Waals surface area contributed by atoms with Gasteiger partial charge in [0.2, 0.25) is 0 Å². The molecule has 1 rings (SSSR count). The molecule has 0 spiro atoms. The fourth-order valence-electron chi connectivity index (χ4n) is 2.40. The highest BCUT2D eigenvalue weighted by Crippen LogP contribution is 2.41. The summed E-state index contributed by atoms with van der Waals surface area (Å²) in [6.07, 6.45) is 11.7. The second-order valence-corrected chi connectivity index (χ2v) is 5.50. The molecule has 3 unspecified atom stereocenters. The van der Waals surface area contributed by atoms with E-state index < -0.39 is 0 Å². The topological polar surface area (TPSA) is 0 Å². The maximum Gasteiger partial charge on any atom is -0.0386 e. The van der Waals surface area contributed by atoms with E-state index in [0.717, 1.165) is 17.8 Å². The predicted octanol–water partition coefficient (Wildman–Crippen LogP) is 5.03. The van der Waals surface area contributed by atoms with E-state index in [1.54, 1.807) is 0 Å². The van der Waals surface area contributed by atoms with Crippen molar-refractivity contribution in [2.24, 2.45) is 17.8 Å². The van der Waals surface area contributed by atoms with Crippen LogP contribution in [-0.4, -0.2) is 0 Å². The van der Waals surface area contributed by atoms with Crippen molar-refractivity contribution in [2.75, 3.05) is 0 Å². The van der Waals surface area contributed by atoms with Gasteiger partial charge in [-0.15, -0.1) is 0 Å². The Bertz CT molecular complexity index is 139. The first-order valence-corrected chi connectivity index (χ1v) is 6.74. The summed E-state index contributed by atoms with van der Waals surface area (Å²) in [4.78, 5) is 0. The van der Waals surface area contributed by atoms with Crippen LogP contribution in [0.4, 0.5) is 0 Å². The molecular weight excluding hydrogens is 168 g/mol. The molecule has 0 radical (unpaired) electrons. The first-order valence-electron chi connectivity index (χ1n) is 6.74.